The molecule has 0 spiro atoms. The molecule has 0 radical (unpaired) electrons. The molecule has 0 aromatic heterocycles. The van der Waals surface area contributed by atoms with E-state index in [0.29, 0.717) is 25.1 Å². The van der Waals surface area contributed by atoms with Gasteiger partial charge in [-0.2, -0.15) is 13.2 Å². The number of anilines is 1. The van der Waals surface area contributed by atoms with Crippen LogP contribution in [0.3, 0.4) is 0 Å². The molecule has 0 aliphatic carbocycles. The van der Waals surface area contributed by atoms with Crippen molar-refractivity contribution in [2.75, 3.05) is 11.4 Å². The Balaban J connectivity index is 1.92. The average molecular weight is 306 g/mol. The van der Waals surface area contributed by atoms with Crippen LogP contribution < -0.4 is 10.6 Å². The van der Waals surface area contributed by atoms with Crippen molar-refractivity contribution >= 4 is 5.69 Å². The van der Waals surface area contributed by atoms with Crippen LogP contribution in [0.2, 0.25) is 0 Å². The molecule has 0 saturated heterocycles. The molecule has 1 unspecified atom stereocenters. The normalized spacial score (nSPS) is 18.2. The molecule has 0 fully saturated rings. The van der Waals surface area contributed by atoms with Gasteiger partial charge in [-0.1, -0.05) is 30.3 Å². The van der Waals surface area contributed by atoms with E-state index in [2.05, 4.69) is 4.90 Å². The standard InChI is InChI=1S/C17H17F3N2/c18-17(19,20)14-6-7-16-13(8-14)9-15(21)11-22(16)10-12-4-2-1-3-5-12/h1-8,15H,9-11,21H2. The lowest BCUT2D eigenvalue weighted by molar-refractivity contribution is -0.137. The lowest BCUT2D eigenvalue weighted by Gasteiger charge is -2.35. The van der Waals surface area contributed by atoms with Gasteiger partial charge in [0.15, 0.2) is 0 Å². The molecule has 1 aliphatic heterocycles. The number of alkyl halides is 3. The number of nitrogens with two attached hydrogens (primary N) is 1. The zero-order chi connectivity index (χ0) is 15.7. The van der Waals surface area contributed by atoms with Gasteiger partial charge in [0.05, 0.1) is 5.56 Å². The summed E-state index contributed by atoms with van der Waals surface area (Å²) in [5.74, 6) is 0. The van der Waals surface area contributed by atoms with Gasteiger partial charge in [0.1, 0.15) is 0 Å². The van der Waals surface area contributed by atoms with E-state index in [-0.39, 0.29) is 6.04 Å². The van der Waals surface area contributed by atoms with E-state index in [1.165, 1.54) is 6.07 Å². The summed E-state index contributed by atoms with van der Waals surface area (Å²) in [6, 6.07) is 13.6. The Hall–Kier alpha value is -2.01. The van der Waals surface area contributed by atoms with E-state index in [4.69, 9.17) is 5.73 Å². The van der Waals surface area contributed by atoms with Crippen molar-refractivity contribution in [2.45, 2.75) is 25.2 Å². The van der Waals surface area contributed by atoms with Gasteiger partial charge in [-0.05, 0) is 35.7 Å². The summed E-state index contributed by atoms with van der Waals surface area (Å²) in [5.41, 5.74) is 8.05. The van der Waals surface area contributed by atoms with Crippen LogP contribution in [0.1, 0.15) is 16.7 Å². The fraction of sp³-hybridized carbons (Fsp3) is 0.294. The number of nitrogens with zero attached hydrogens (tertiary/aromatic N) is 1. The van der Waals surface area contributed by atoms with Crippen molar-refractivity contribution in [3.8, 4) is 0 Å². The molecule has 2 N–H and O–H groups in total. The third kappa shape index (κ3) is 3.09. The minimum absolute atomic E-state index is 0.153. The van der Waals surface area contributed by atoms with Crippen LogP contribution in [-0.4, -0.2) is 12.6 Å². The number of hydrogen-bond acceptors (Lipinski definition) is 2. The number of hydrogen-bond donors (Lipinski definition) is 1. The molecule has 1 aliphatic rings. The van der Waals surface area contributed by atoms with Crippen molar-refractivity contribution in [3.63, 3.8) is 0 Å². The van der Waals surface area contributed by atoms with Gasteiger partial charge in [0, 0.05) is 24.8 Å². The molecule has 2 aromatic carbocycles. The Labute approximate surface area is 127 Å². The quantitative estimate of drug-likeness (QED) is 0.918. The van der Waals surface area contributed by atoms with Crippen LogP contribution in [0, 0.1) is 0 Å². The van der Waals surface area contributed by atoms with Crippen molar-refractivity contribution in [2.24, 2.45) is 5.73 Å². The predicted molar refractivity (Wildman–Crippen MR) is 80.6 cm³/mol. The summed E-state index contributed by atoms with van der Waals surface area (Å²) >= 11 is 0. The van der Waals surface area contributed by atoms with Crippen LogP contribution in [-0.2, 0) is 19.1 Å². The first-order chi connectivity index (χ1) is 10.4. The maximum Gasteiger partial charge on any atom is 0.416 e. The molecular formula is C17H17F3N2. The topological polar surface area (TPSA) is 29.3 Å². The molecular weight excluding hydrogens is 289 g/mol. The highest BCUT2D eigenvalue weighted by molar-refractivity contribution is 5.58. The maximum atomic E-state index is 12.9. The third-order valence-corrected chi connectivity index (χ3v) is 3.90. The molecule has 3 rings (SSSR count). The molecule has 5 heteroatoms. The summed E-state index contributed by atoms with van der Waals surface area (Å²) < 4.78 is 38.6. The van der Waals surface area contributed by atoms with Gasteiger partial charge in [-0.25, -0.2) is 0 Å². The first-order valence-electron chi connectivity index (χ1n) is 7.18. The lowest BCUT2D eigenvalue weighted by Crippen LogP contribution is -2.43. The van der Waals surface area contributed by atoms with Gasteiger partial charge >= 0.3 is 6.18 Å². The second-order valence-electron chi connectivity index (χ2n) is 5.67. The Morgan fingerprint density at radius 2 is 1.82 bits per heavy atom. The maximum absolute atomic E-state index is 12.9. The van der Waals surface area contributed by atoms with Gasteiger partial charge < -0.3 is 10.6 Å². The lowest BCUT2D eigenvalue weighted by atomic mass is 9.95. The van der Waals surface area contributed by atoms with E-state index in [0.717, 1.165) is 17.3 Å². The molecule has 0 amide bonds. The van der Waals surface area contributed by atoms with E-state index in [9.17, 15) is 13.2 Å². The largest absolute Gasteiger partial charge is 0.416 e. The van der Waals surface area contributed by atoms with Crippen LogP contribution >= 0.6 is 0 Å². The molecule has 22 heavy (non-hydrogen) atoms. The van der Waals surface area contributed by atoms with Crippen LogP contribution in [0.5, 0.6) is 0 Å². The van der Waals surface area contributed by atoms with Crippen LogP contribution in [0.15, 0.2) is 48.5 Å². The summed E-state index contributed by atoms with van der Waals surface area (Å²) in [6.07, 6.45) is -3.84. The average Bonchev–Trinajstić information content (AvgIpc) is 2.46. The Morgan fingerprint density at radius 3 is 2.50 bits per heavy atom. The molecule has 2 nitrogen and oxygen atoms in total. The highest BCUT2D eigenvalue weighted by Crippen LogP contribution is 2.35. The van der Waals surface area contributed by atoms with Gasteiger partial charge in [-0.15, -0.1) is 0 Å². The first kappa shape index (κ1) is 14.9. The SMILES string of the molecule is NC1Cc2cc(C(F)(F)F)ccc2N(Cc2ccccc2)C1. The zero-order valence-electron chi connectivity index (χ0n) is 12.0. The second kappa shape index (κ2) is 5.65. The first-order valence-corrected chi connectivity index (χ1v) is 7.18. The highest BCUT2D eigenvalue weighted by atomic mass is 19.4. The van der Waals surface area contributed by atoms with E-state index < -0.39 is 11.7 Å². The van der Waals surface area contributed by atoms with Gasteiger partial charge in [0.25, 0.3) is 0 Å². The summed E-state index contributed by atoms with van der Waals surface area (Å²) in [7, 11) is 0. The van der Waals surface area contributed by atoms with E-state index in [1.807, 2.05) is 30.3 Å². The fourth-order valence-electron chi connectivity index (χ4n) is 2.92. The summed E-state index contributed by atoms with van der Waals surface area (Å²) in [5, 5.41) is 0. The summed E-state index contributed by atoms with van der Waals surface area (Å²) in [6.45, 7) is 1.29. The molecule has 0 saturated carbocycles. The van der Waals surface area contributed by atoms with Crippen LogP contribution in [0.25, 0.3) is 0 Å². The molecule has 1 atom stereocenters. The zero-order valence-corrected chi connectivity index (χ0v) is 12.0. The van der Waals surface area contributed by atoms with Crippen LogP contribution in [0.4, 0.5) is 18.9 Å². The van der Waals surface area contributed by atoms with Gasteiger partial charge in [-0.3, -0.25) is 0 Å². The minimum atomic E-state index is -4.32. The van der Waals surface area contributed by atoms with Crippen molar-refractivity contribution in [3.05, 3.63) is 65.2 Å². The monoisotopic (exact) mass is 306 g/mol. The van der Waals surface area contributed by atoms with E-state index in [1.54, 1.807) is 6.07 Å². The molecule has 0 bridgehead atoms. The number of halogens is 3. The van der Waals surface area contributed by atoms with Crippen molar-refractivity contribution < 1.29 is 13.2 Å². The Morgan fingerprint density at radius 1 is 1.09 bits per heavy atom. The summed E-state index contributed by atoms with van der Waals surface area (Å²) in [4.78, 5) is 2.05. The third-order valence-electron chi connectivity index (χ3n) is 3.90. The number of rotatable bonds is 2. The molecule has 1 heterocycles. The number of fused-ring (bicyclic) bond motifs is 1. The van der Waals surface area contributed by atoms with Crippen molar-refractivity contribution in [1.29, 1.82) is 0 Å². The minimum Gasteiger partial charge on any atom is -0.365 e. The Kier molecular flexibility index (Phi) is 3.83. The fourth-order valence-corrected chi connectivity index (χ4v) is 2.92. The van der Waals surface area contributed by atoms with Crippen molar-refractivity contribution in [1.82, 2.24) is 0 Å². The Bertz CT molecular complexity index is 653. The smallest absolute Gasteiger partial charge is 0.365 e. The predicted octanol–water partition coefficient (Wildman–Crippen LogP) is 3.60. The molecule has 2 aromatic rings. The van der Waals surface area contributed by atoms with E-state index >= 15 is 0 Å². The second-order valence-corrected chi connectivity index (χ2v) is 5.67. The van der Waals surface area contributed by atoms with Gasteiger partial charge in [0.2, 0.25) is 0 Å². The highest BCUT2D eigenvalue weighted by Gasteiger charge is 2.32. The molecule has 116 valence electrons. The number of benzene rings is 2.